The molecule has 0 fully saturated rings. The van der Waals surface area contributed by atoms with E-state index in [4.69, 9.17) is 16.2 Å². The molecule has 0 saturated carbocycles. The Morgan fingerprint density at radius 2 is 1.67 bits per heavy atom. The zero-order valence-electron chi connectivity index (χ0n) is 26.5. The second-order valence-electron chi connectivity index (χ2n) is 12.0. The minimum atomic E-state index is -1.50. The van der Waals surface area contributed by atoms with Crippen LogP contribution < -0.4 is 37.7 Å². The number of ether oxygens (including phenoxy) is 1. The molecule has 2 aromatic heterocycles. The number of benzene rings is 2. The molecule has 0 aliphatic carbocycles. The number of primary amides is 1. The molecule has 16 nitrogen and oxygen atoms in total. The number of nitrogens with zero attached hydrogens (tertiary/aromatic N) is 3. The van der Waals surface area contributed by atoms with Crippen molar-refractivity contribution in [3.63, 3.8) is 0 Å². The molecule has 0 saturated heterocycles. The number of nitrogens with two attached hydrogens (primary N) is 2. The zero-order valence-corrected chi connectivity index (χ0v) is 26.5. The first kappa shape index (κ1) is 35.0. The molecular formula is C32H37N9O7. The molecule has 0 spiro atoms. The summed E-state index contributed by atoms with van der Waals surface area (Å²) in [6.45, 7) is 5.19. The Hall–Kier alpha value is -5.90. The molecule has 0 radical (unpaired) electrons. The average molecular weight is 660 g/mol. The van der Waals surface area contributed by atoms with Crippen LogP contribution in [0, 0.1) is 0 Å². The third kappa shape index (κ3) is 9.56. The average Bonchev–Trinajstić information content (AvgIpc) is 3.02. The number of amides is 4. The molecule has 0 aliphatic rings. The predicted octanol–water partition coefficient (Wildman–Crippen LogP) is -0.0352. The quantitative estimate of drug-likeness (QED) is 0.100. The number of aromatic nitrogens is 4. The van der Waals surface area contributed by atoms with Gasteiger partial charge in [0.15, 0.2) is 11.2 Å². The van der Waals surface area contributed by atoms with Gasteiger partial charge in [0.1, 0.15) is 30.2 Å². The van der Waals surface area contributed by atoms with E-state index in [2.05, 4.69) is 35.9 Å². The van der Waals surface area contributed by atoms with E-state index in [1.807, 2.05) is 26.8 Å². The van der Waals surface area contributed by atoms with Gasteiger partial charge >= 0.3 is 0 Å². The lowest BCUT2D eigenvalue weighted by atomic mass is 10.0. The molecule has 4 amide bonds. The number of aliphatic hydroxyl groups excluding tert-OH is 1. The van der Waals surface area contributed by atoms with Crippen molar-refractivity contribution in [3.8, 4) is 5.75 Å². The maximum atomic E-state index is 13.6. The lowest BCUT2D eigenvalue weighted by Gasteiger charge is -2.27. The fraction of sp³-hybridized carbons (Fsp3) is 0.312. The summed E-state index contributed by atoms with van der Waals surface area (Å²) in [5.74, 6) is -3.01. The molecule has 4 aromatic rings. The van der Waals surface area contributed by atoms with Gasteiger partial charge in [0.2, 0.25) is 17.8 Å². The number of aromatic amines is 1. The number of fused-ring (bicyclic) bond motifs is 1. The maximum absolute atomic E-state index is 13.6. The summed E-state index contributed by atoms with van der Waals surface area (Å²) >= 11 is 0. The Morgan fingerprint density at radius 3 is 2.35 bits per heavy atom. The number of aliphatic hydroxyl groups is 1. The first-order chi connectivity index (χ1) is 22.7. The highest BCUT2D eigenvalue weighted by Crippen LogP contribution is 2.20. The summed E-state index contributed by atoms with van der Waals surface area (Å²) in [5, 5.41) is 19.2. The van der Waals surface area contributed by atoms with Crippen molar-refractivity contribution in [2.24, 2.45) is 5.73 Å². The van der Waals surface area contributed by atoms with E-state index in [1.165, 1.54) is 0 Å². The van der Waals surface area contributed by atoms with Crippen LogP contribution in [0.4, 0.5) is 5.95 Å². The van der Waals surface area contributed by atoms with Gasteiger partial charge in [-0.25, -0.2) is 9.97 Å². The monoisotopic (exact) mass is 659 g/mol. The van der Waals surface area contributed by atoms with E-state index in [0.717, 1.165) is 11.8 Å². The largest absolute Gasteiger partial charge is 0.490 e. The molecule has 252 valence electrons. The van der Waals surface area contributed by atoms with Crippen molar-refractivity contribution in [3.05, 3.63) is 88.0 Å². The third-order valence-electron chi connectivity index (χ3n) is 6.82. The van der Waals surface area contributed by atoms with Gasteiger partial charge in [-0.15, -0.1) is 0 Å². The highest BCUT2D eigenvalue weighted by atomic mass is 16.5. The summed E-state index contributed by atoms with van der Waals surface area (Å²) in [4.78, 5) is 77.7. The summed E-state index contributed by atoms with van der Waals surface area (Å²) < 4.78 is 5.87. The summed E-state index contributed by atoms with van der Waals surface area (Å²) in [5.41, 5.74) is 9.98. The molecule has 9 N–H and O–H groups in total. The van der Waals surface area contributed by atoms with Crippen LogP contribution in [0.15, 0.2) is 65.6 Å². The highest BCUT2D eigenvalue weighted by molar-refractivity contribution is 5.98. The normalized spacial score (nSPS) is 13.2. The molecule has 0 aliphatic heterocycles. The number of nitrogens with one attached hydrogen (secondary N) is 4. The number of H-pyrrole nitrogens is 1. The van der Waals surface area contributed by atoms with E-state index >= 15 is 0 Å². The van der Waals surface area contributed by atoms with Crippen LogP contribution in [0.3, 0.4) is 0 Å². The van der Waals surface area contributed by atoms with Crippen LogP contribution in [-0.4, -0.2) is 79.0 Å². The molecule has 0 unspecified atom stereocenters. The van der Waals surface area contributed by atoms with Crippen molar-refractivity contribution in [2.75, 3.05) is 12.3 Å². The van der Waals surface area contributed by atoms with Crippen LogP contribution in [0.2, 0.25) is 0 Å². The van der Waals surface area contributed by atoms with Gasteiger partial charge in [0.25, 0.3) is 17.4 Å². The Morgan fingerprint density at radius 1 is 0.979 bits per heavy atom. The summed E-state index contributed by atoms with van der Waals surface area (Å²) in [7, 11) is 0. The topological polar surface area (TPSA) is 257 Å². The number of para-hydroxylation sites is 1. The van der Waals surface area contributed by atoms with Crippen molar-refractivity contribution in [1.29, 1.82) is 0 Å². The second kappa shape index (κ2) is 15.1. The third-order valence-corrected chi connectivity index (χ3v) is 6.82. The lowest BCUT2D eigenvalue weighted by Crippen LogP contribution is -2.55. The molecular weight excluding hydrogens is 622 g/mol. The number of carbonyl (C=O) groups is 4. The molecule has 2 aromatic carbocycles. The van der Waals surface area contributed by atoms with Crippen LogP contribution in [0.1, 0.15) is 53.6 Å². The van der Waals surface area contributed by atoms with E-state index in [1.54, 1.807) is 48.5 Å². The Balaban J connectivity index is 1.53. The Labute approximate surface area is 274 Å². The van der Waals surface area contributed by atoms with Crippen LogP contribution >= 0.6 is 0 Å². The predicted molar refractivity (Wildman–Crippen MR) is 175 cm³/mol. The van der Waals surface area contributed by atoms with Crippen LogP contribution in [-0.2, 0) is 16.0 Å². The van der Waals surface area contributed by atoms with Gasteiger partial charge < -0.3 is 37.3 Å². The fourth-order valence-corrected chi connectivity index (χ4v) is 4.60. The van der Waals surface area contributed by atoms with Crippen molar-refractivity contribution < 1.29 is 29.0 Å². The van der Waals surface area contributed by atoms with Crippen molar-refractivity contribution >= 4 is 40.7 Å². The number of carbonyl (C=O) groups excluding carboxylic acids is 4. The number of anilines is 1. The summed E-state index contributed by atoms with van der Waals surface area (Å²) in [6.07, 6.45) is -0.758. The first-order valence-electron chi connectivity index (χ1n) is 14.9. The highest BCUT2D eigenvalue weighted by Gasteiger charge is 2.30. The van der Waals surface area contributed by atoms with E-state index < -0.39 is 53.4 Å². The second-order valence-corrected chi connectivity index (χ2v) is 12.0. The minimum absolute atomic E-state index is 0.100. The van der Waals surface area contributed by atoms with Crippen molar-refractivity contribution in [2.45, 2.75) is 57.3 Å². The fourth-order valence-electron chi connectivity index (χ4n) is 4.60. The molecule has 48 heavy (non-hydrogen) atoms. The Bertz CT molecular complexity index is 1860. The number of rotatable bonds is 13. The van der Waals surface area contributed by atoms with Crippen LogP contribution in [0.25, 0.3) is 11.2 Å². The maximum Gasteiger partial charge on any atom is 0.280 e. The minimum Gasteiger partial charge on any atom is -0.490 e. The van der Waals surface area contributed by atoms with Crippen LogP contribution in [0.5, 0.6) is 5.75 Å². The molecule has 16 heteroatoms. The number of hydrogen-bond donors (Lipinski definition) is 7. The van der Waals surface area contributed by atoms with Gasteiger partial charge in [-0.3, -0.25) is 29.0 Å². The SMILES string of the molecule is CC(C)(C)NC(=O)c1ccccc1OC[C@@H](O)[C@H](Cc1ccccc1)NC(=O)[C@H](CC(N)=O)NC(=O)c1cnc2nc(N)[nH]c(=O)c2n1. The summed E-state index contributed by atoms with van der Waals surface area (Å²) in [6, 6.07) is 13.0. The zero-order chi connectivity index (χ0) is 35.0. The standard InChI is InChI=1S/C32H37N9O7/c1-32(2,3)41-27(44)18-11-7-8-12-23(18)48-16-22(42)19(13-17-9-5-4-6-10-17)37-28(45)20(14-24(33)43)38-29(46)21-15-35-26-25(36-21)30(47)40-31(34)39-26/h4-12,15,19-20,22,42H,13-14,16H2,1-3H3,(H2,33,43)(H,37,45)(H,38,46)(H,41,44)(H3,34,35,39,40,47)/t19-,20-,22+/m0/s1. The van der Waals surface area contributed by atoms with Gasteiger partial charge in [-0.2, -0.15) is 4.98 Å². The molecule has 0 bridgehead atoms. The van der Waals surface area contributed by atoms with Gasteiger partial charge in [0.05, 0.1) is 24.2 Å². The smallest absolute Gasteiger partial charge is 0.280 e. The first-order valence-corrected chi connectivity index (χ1v) is 14.9. The number of hydrogen-bond acceptors (Lipinski definition) is 11. The van der Waals surface area contributed by atoms with Gasteiger partial charge in [0, 0.05) is 5.54 Å². The van der Waals surface area contributed by atoms with E-state index in [9.17, 15) is 29.1 Å². The van der Waals surface area contributed by atoms with Crippen molar-refractivity contribution in [1.82, 2.24) is 35.9 Å². The van der Waals surface area contributed by atoms with E-state index in [0.29, 0.717) is 0 Å². The van der Waals surface area contributed by atoms with Gasteiger partial charge in [-0.1, -0.05) is 42.5 Å². The number of nitrogen functional groups attached to an aromatic ring is 1. The molecule has 4 rings (SSSR count). The molecule has 3 atom stereocenters. The van der Waals surface area contributed by atoms with E-state index in [-0.39, 0.29) is 53.1 Å². The lowest BCUT2D eigenvalue weighted by molar-refractivity contribution is -0.128. The Kier molecular flexibility index (Phi) is 11.0. The van der Waals surface area contributed by atoms with Gasteiger partial charge in [-0.05, 0) is 44.9 Å². The molecule has 2 heterocycles.